The van der Waals surface area contributed by atoms with Crippen LogP contribution in [0.3, 0.4) is 0 Å². The Bertz CT molecular complexity index is 1840. The van der Waals surface area contributed by atoms with Gasteiger partial charge in [-0.05, 0) is 42.8 Å². The number of ether oxygens (including phenoxy) is 2. The highest BCUT2D eigenvalue weighted by Gasteiger charge is 2.31. The molecule has 4 aromatic rings. The highest BCUT2D eigenvalue weighted by atomic mass is 19.4. The molecule has 6 rings (SSSR count). The molecule has 0 radical (unpaired) electrons. The fraction of sp³-hybridized carbons (Fsp3) is 0.400. The number of morpholine rings is 2. The minimum atomic E-state index is -4.58. The van der Waals surface area contributed by atoms with Crippen molar-refractivity contribution in [1.29, 1.82) is 0 Å². The minimum absolute atomic E-state index is 0.134. The maximum Gasteiger partial charge on any atom is 0.416 e. The molecule has 2 aliphatic heterocycles. The lowest BCUT2D eigenvalue weighted by Crippen LogP contribution is -2.41. The predicted octanol–water partition coefficient (Wildman–Crippen LogP) is 3.79. The third kappa shape index (κ3) is 9.81. The molecule has 2 aromatic heterocycles. The van der Waals surface area contributed by atoms with E-state index in [1.54, 1.807) is 30.3 Å². The van der Waals surface area contributed by atoms with Gasteiger partial charge in [-0.2, -0.15) is 23.0 Å². The number of hydrogen-bond acceptors (Lipinski definition) is 11. The summed E-state index contributed by atoms with van der Waals surface area (Å²) in [4.78, 5) is 39.6. The van der Waals surface area contributed by atoms with Crippen LogP contribution in [0.25, 0.3) is 5.82 Å². The zero-order chi connectivity index (χ0) is 36.5. The van der Waals surface area contributed by atoms with E-state index in [0.29, 0.717) is 74.9 Å². The number of hydrogen-bond donors (Lipinski definition) is 4. The number of anilines is 4. The van der Waals surface area contributed by atoms with Crippen molar-refractivity contribution in [2.75, 3.05) is 94.7 Å². The SMILES string of the molecule is Cc1ccc(NC(=O)c2cccc(C(F)(F)F)c2)cc1Nc1cc(C(=O)NCCN2CCOCC2)nn1-c1cc(NCCN2CCOCC2)ncn1. The van der Waals surface area contributed by atoms with Crippen molar-refractivity contribution in [1.82, 2.24) is 34.9 Å². The Morgan fingerprint density at radius 1 is 0.846 bits per heavy atom. The van der Waals surface area contributed by atoms with Gasteiger partial charge in [0.25, 0.3) is 11.8 Å². The number of benzene rings is 2. The van der Waals surface area contributed by atoms with Gasteiger partial charge < -0.3 is 30.7 Å². The lowest BCUT2D eigenvalue weighted by atomic mass is 10.1. The van der Waals surface area contributed by atoms with Crippen LogP contribution in [0.5, 0.6) is 0 Å². The smallest absolute Gasteiger partial charge is 0.379 e. The monoisotopic (exact) mass is 722 g/mol. The molecule has 0 saturated carbocycles. The molecule has 0 bridgehead atoms. The zero-order valence-electron chi connectivity index (χ0n) is 28.7. The molecule has 4 N–H and O–H groups in total. The number of aromatic nitrogens is 4. The number of aryl methyl sites for hydroxylation is 1. The molecule has 0 atom stereocenters. The molecule has 52 heavy (non-hydrogen) atoms. The number of nitrogens with zero attached hydrogens (tertiary/aromatic N) is 6. The van der Waals surface area contributed by atoms with Crippen molar-refractivity contribution < 1.29 is 32.2 Å². The van der Waals surface area contributed by atoms with Gasteiger partial charge in [0, 0.05) is 81.4 Å². The summed E-state index contributed by atoms with van der Waals surface area (Å²) in [6.45, 7) is 10.5. The van der Waals surface area contributed by atoms with E-state index in [1.807, 2.05) is 6.92 Å². The van der Waals surface area contributed by atoms with Crippen molar-refractivity contribution in [3.63, 3.8) is 0 Å². The van der Waals surface area contributed by atoms with Crippen molar-refractivity contribution in [3.05, 3.63) is 83.3 Å². The number of rotatable bonds is 13. The Kier molecular flexibility index (Phi) is 12.0. The Labute approximate surface area is 298 Å². The van der Waals surface area contributed by atoms with Crippen LogP contribution in [0.15, 0.2) is 60.9 Å². The van der Waals surface area contributed by atoms with Crippen molar-refractivity contribution >= 4 is 34.8 Å². The van der Waals surface area contributed by atoms with Crippen LogP contribution in [-0.2, 0) is 15.7 Å². The van der Waals surface area contributed by atoms with Gasteiger partial charge in [-0.3, -0.25) is 19.4 Å². The first-order valence-electron chi connectivity index (χ1n) is 17.0. The number of amides is 2. The maximum absolute atomic E-state index is 13.3. The van der Waals surface area contributed by atoms with Gasteiger partial charge in [0.2, 0.25) is 0 Å². The van der Waals surface area contributed by atoms with E-state index in [2.05, 4.69) is 46.1 Å². The van der Waals surface area contributed by atoms with E-state index in [0.717, 1.165) is 50.4 Å². The zero-order valence-corrected chi connectivity index (χ0v) is 28.7. The average molecular weight is 723 g/mol. The van der Waals surface area contributed by atoms with E-state index in [-0.39, 0.29) is 17.2 Å². The highest BCUT2D eigenvalue weighted by Crippen LogP contribution is 2.30. The molecule has 0 aliphatic carbocycles. The van der Waals surface area contributed by atoms with Crippen LogP contribution < -0.4 is 21.3 Å². The summed E-state index contributed by atoms with van der Waals surface area (Å²) in [5.41, 5.74) is 0.786. The van der Waals surface area contributed by atoms with Crippen LogP contribution in [0, 0.1) is 6.92 Å². The van der Waals surface area contributed by atoms with Crippen LogP contribution in [0.1, 0.15) is 32.0 Å². The van der Waals surface area contributed by atoms with Gasteiger partial charge >= 0.3 is 6.18 Å². The van der Waals surface area contributed by atoms with Gasteiger partial charge in [-0.25, -0.2) is 9.97 Å². The number of carbonyl (C=O) groups excluding carboxylic acids is 2. The van der Waals surface area contributed by atoms with E-state index in [9.17, 15) is 22.8 Å². The second kappa shape index (κ2) is 16.9. The van der Waals surface area contributed by atoms with Crippen LogP contribution in [0.2, 0.25) is 0 Å². The van der Waals surface area contributed by atoms with Crippen LogP contribution in [0.4, 0.5) is 36.2 Å². The van der Waals surface area contributed by atoms with Crippen LogP contribution in [-0.4, -0.2) is 120 Å². The molecular weight excluding hydrogens is 681 g/mol. The minimum Gasteiger partial charge on any atom is -0.379 e. The van der Waals surface area contributed by atoms with E-state index >= 15 is 0 Å². The van der Waals surface area contributed by atoms with E-state index in [1.165, 1.54) is 23.1 Å². The first-order valence-corrected chi connectivity index (χ1v) is 17.0. The molecular formula is C35H41F3N10O4. The molecule has 4 heterocycles. The Morgan fingerprint density at radius 2 is 1.56 bits per heavy atom. The molecule has 2 aromatic carbocycles. The second-order valence-electron chi connectivity index (χ2n) is 12.4. The molecule has 2 saturated heterocycles. The van der Waals surface area contributed by atoms with Crippen molar-refractivity contribution in [3.8, 4) is 5.82 Å². The summed E-state index contributed by atoms with van der Waals surface area (Å²) in [6.07, 6.45) is -3.17. The first-order chi connectivity index (χ1) is 25.1. The molecule has 14 nitrogen and oxygen atoms in total. The Hall–Kier alpha value is -5.10. The maximum atomic E-state index is 13.3. The van der Waals surface area contributed by atoms with Crippen molar-refractivity contribution in [2.45, 2.75) is 13.1 Å². The molecule has 2 aliphatic rings. The topological polar surface area (TPSA) is 151 Å². The Morgan fingerprint density at radius 3 is 2.27 bits per heavy atom. The number of halogens is 3. The quantitative estimate of drug-likeness (QED) is 0.160. The van der Waals surface area contributed by atoms with Gasteiger partial charge in [-0.1, -0.05) is 12.1 Å². The lowest BCUT2D eigenvalue weighted by molar-refractivity contribution is -0.137. The van der Waals surface area contributed by atoms with Gasteiger partial charge in [-0.15, -0.1) is 0 Å². The standard InChI is InChI=1S/C35H41F3N10O4/c1-24-5-6-27(43-33(49)25-3-2-4-26(19-25)35(36,37)38)20-28(24)44-32-21-29(34(50)40-8-10-47-13-17-52-18-14-47)45-48(32)31-22-30(41-23-42-31)39-7-9-46-11-15-51-16-12-46/h2-6,19-23,44H,7-18H2,1H3,(H,40,50)(H,43,49)(H,39,41,42). The summed E-state index contributed by atoms with van der Waals surface area (Å²) in [7, 11) is 0. The predicted molar refractivity (Wildman–Crippen MR) is 188 cm³/mol. The normalized spacial score (nSPS) is 15.6. The molecule has 2 fully saturated rings. The number of carbonyl (C=O) groups is 2. The average Bonchev–Trinajstić information content (AvgIpc) is 3.57. The van der Waals surface area contributed by atoms with Gasteiger partial charge in [0.1, 0.15) is 18.0 Å². The largest absolute Gasteiger partial charge is 0.416 e. The van der Waals surface area contributed by atoms with E-state index < -0.39 is 17.6 Å². The summed E-state index contributed by atoms with van der Waals surface area (Å²) in [6, 6.07) is 12.6. The van der Waals surface area contributed by atoms with Crippen LogP contribution >= 0.6 is 0 Å². The summed E-state index contributed by atoms with van der Waals surface area (Å²) in [5.74, 6) is 0.307. The highest BCUT2D eigenvalue weighted by molar-refractivity contribution is 6.04. The van der Waals surface area contributed by atoms with Crippen molar-refractivity contribution in [2.24, 2.45) is 0 Å². The fourth-order valence-corrected chi connectivity index (χ4v) is 5.74. The third-order valence-corrected chi connectivity index (χ3v) is 8.68. The van der Waals surface area contributed by atoms with Gasteiger partial charge in [0.05, 0.1) is 32.0 Å². The van der Waals surface area contributed by atoms with E-state index in [4.69, 9.17) is 9.47 Å². The molecule has 17 heteroatoms. The number of alkyl halides is 3. The molecule has 2 amide bonds. The number of nitrogens with one attached hydrogen (secondary N) is 4. The first kappa shape index (κ1) is 36.7. The third-order valence-electron chi connectivity index (χ3n) is 8.68. The summed E-state index contributed by atoms with van der Waals surface area (Å²) >= 11 is 0. The molecule has 0 unspecified atom stereocenters. The Balaban J connectivity index is 1.21. The van der Waals surface area contributed by atoms with Gasteiger partial charge in [0.15, 0.2) is 11.5 Å². The summed E-state index contributed by atoms with van der Waals surface area (Å²) in [5, 5.41) is 16.9. The summed E-state index contributed by atoms with van der Waals surface area (Å²) < 4.78 is 52.1. The second-order valence-corrected chi connectivity index (χ2v) is 12.4. The molecule has 0 spiro atoms. The fourth-order valence-electron chi connectivity index (χ4n) is 5.74. The molecule has 276 valence electrons. The lowest BCUT2D eigenvalue weighted by Gasteiger charge is -2.26.